The number of esters is 2. The number of piperidine rings is 1. The maximum Gasteiger partial charge on any atom is 0.340 e. The number of hydrogen-bond donors (Lipinski definition) is 2. The van der Waals surface area contributed by atoms with Gasteiger partial charge in [0.1, 0.15) is 36.2 Å². The minimum atomic E-state index is -2.45. The lowest BCUT2D eigenvalue weighted by Crippen LogP contribution is -2.61. The smallest absolute Gasteiger partial charge is 0.340 e. The number of nitrogens with zero attached hydrogens (tertiary/aromatic N) is 2. The molecule has 1 aromatic heterocycles. The predicted molar refractivity (Wildman–Crippen MR) is 277 cm³/mol. The number of aromatic nitrogens is 1. The Morgan fingerprint density at radius 3 is 2.28 bits per heavy atom. The van der Waals surface area contributed by atoms with Gasteiger partial charge in [-0.2, -0.15) is 0 Å². The van der Waals surface area contributed by atoms with Crippen LogP contribution in [0.15, 0.2) is 65.9 Å². The molecule has 3 aliphatic heterocycles. The van der Waals surface area contributed by atoms with Crippen LogP contribution in [-0.4, -0.2) is 138 Å². The van der Waals surface area contributed by atoms with Gasteiger partial charge in [-0.15, -0.1) is 0 Å². The summed E-state index contributed by atoms with van der Waals surface area (Å²) in [5.74, 6) is -8.83. The number of fused-ring (bicyclic) bond motifs is 3. The average Bonchev–Trinajstić information content (AvgIpc) is 3.38. The first kappa shape index (κ1) is 60.2. The molecule has 74 heavy (non-hydrogen) atoms. The van der Waals surface area contributed by atoms with Gasteiger partial charge in [0.2, 0.25) is 5.79 Å². The van der Waals surface area contributed by atoms with Crippen molar-refractivity contribution < 1.29 is 67.4 Å². The molecule has 0 spiro atoms. The SMILES string of the molecule is COC1C(=O)[C@H](C)C[C@H](C)\C=C/C=C/C=C(\C)[C@@H](OC)C[C@@H]2CC[C@@H](C)[C@@](O)(O2)C(=O)C(=O)N2CCCC[C@H]2C(=O)O[C@H]([C@H](C)C[C@@H]2CC[C@@H](OC(=O)c3ccc(C)nc3)[C@H](OC)C2)CC(=O)[C@H](C)/C=C(\C)[C@H]1O. The maximum absolute atomic E-state index is 14.6. The summed E-state index contributed by atoms with van der Waals surface area (Å²) in [6.45, 7) is 14.5. The first-order chi connectivity index (χ1) is 35.1. The number of aliphatic hydroxyl groups excluding tert-OH is 1. The van der Waals surface area contributed by atoms with E-state index in [-0.39, 0.29) is 42.8 Å². The zero-order valence-corrected chi connectivity index (χ0v) is 45.7. The third-order valence-corrected chi connectivity index (χ3v) is 15.9. The Morgan fingerprint density at radius 2 is 1.61 bits per heavy atom. The van der Waals surface area contributed by atoms with E-state index in [1.807, 2.05) is 65.0 Å². The number of rotatable bonds is 8. The predicted octanol–water partition coefficient (Wildman–Crippen LogP) is 7.75. The standard InChI is InChI=1S/C58H84N2O14/c1-34-17-13-12-14-18-35(2)48(69-9)31-44-24-20-40(7)58(68,74-44)54(64)55(65)60-26-16-15-19-45(60)57(67)73-49(32-46(61)36(3)28-39(6)52(63)53(71-11)51(62)38(5)27-34)37(4)29-42-22-25-47(50(30-42)70-10)72-56(66)43-23-21-41(8)59-33-43/h12-14,17-18,21,23,28,33-34,36-38,40,42,44-45,47-50,52-53,63,68H,15-16,19-20,22,24-27,29-32H2,1-11H3/b14-12+,17-13-,35-18+,39-28+/t34-,36-,37-,38-,40-,42+,44+,45+,47-,48+,49+,50-,52-,53?,58-/m1/s1. The van der Waals surface area contributed by atoms with Crippen LogP contribution >= 0.6 is 0 Å². The number of cyclic esters (lactones) is 1. The van der Waals surface area contributed by atoms with Crippen molar-refractivity contribution in [1.29, 1.82) is 0 Å². The molecule has 3 fully saturated rings. The van der Waals surface area contributed by atoms with Gasteiger partial charge in [-0.3, -0.25) is 24.2 Å². The molecule has 16 nitrogen and oxygen atoms in total. The highest BCUT2D eigenvalue weighted by molar-refractivity contribution is 6.39. The molecule has 4 aliphatic rings. The number of ketones is 3. The summed E-state index contributed by atoms with van der Waals surface area (Å²) in [5.41, 5.74) is 2.35. The number of allylic oxidation sites excluding steroid dienone is 6. The first-order valence-corrected chi connectivity index (χ1v) is 26.7. The van der Waals surface area contributed by atoms with Crippen LogP contribution in [0.2, 0.25) is 0 Å². The number of methoxy groups -OCH3 is 3. The molecule has 1 aromatic rings. The van der Waals surface area contributed by atoms with Gasteiger partial charge in [-0.25, -0.2) is 9.59 Å². The highest BCUT2D eigenvalue weighted by Crippen LogP contribution is 2.38. The second-order valence-corrected chi connectivity index (χ2v) is 21.7. The molecule has 4 heterocycles. The Labute approximate surface area is 438 Å². The minimum absolute atomic E-state index is 0.00299. The van der Waals surface area contributed by atoms with Crippen LogP contribution in [0.5, 0.6) is 0 Å². The zero-order valence-electron chi connectivity index (χ0n) is 45.7. The van der Waals surface area contributed by atoms with Crippen molar-refractivity contribution in [3.63, 3.8) is 0 Å². The van der Waals surface area contributed by atoms with E-state index < -0.39 is 102 Å². The number of ether oxygens (including phenoxy) is 6. The van der Waals surface area contributed by atoms with E-state index in [9.17, 15) is 39.0 Å². The Hall–Kier alpha value is -4.71. The number of carbonyl (C=O) groups excluding carboxylic acids is 6. The molecule has 5 rings (SSSR count). The largest absolute Gasteiger partial charge is 0.460 e. The van der Waals surface area contributed by atoms with E-state index in [1.165, 1.54) is 18.2 Å². The number of amides is 1. The third kappa shape index (κ3) is 15.7. The normalized spacial score (nSPS) is 36.8. The average molecular weight is 1030 g/mol. The van der Waals surface area contributed by atoms with Crippen molar-refractivity contribution in [2.24, 2.45) is 35.5 Å². The Bertz CT molecular complexity index is 2220. The van der Waals surface area contributed by atoms with Gasteiger partial charge in [-0.1, -0.05) is 71.1 Å². The van der Waals surface area contributed by atoms with Gasteiger partial charge in [0.15, 0.2) is 5.78 Å². The Morgan fingerprint density at radius 1 is 0.865 bits per heavy atom. The van der Waals surface area contributed by atoms with Gasteiger partial charge in [0.25, 0.3) is 11.7 Å². The van der Waals surface area contributed by atoms with E-state index in [2.05, 4.69) is 4.98 Å². The summed E-state index contributed by atoms with van der Waals surface area (Å²) in [7, 11) is 4.52. The van der Waals surface area contributed by atoms with Crippen molar-refractivity contribution in [1.82, 2.24) is 9.88 Å². The van der Waals surface area contributed by atoms with Crippen LogP contribution < -0.4 is 0 Å². The number of aryl methyl sites for hydroxylation is 1. The lowest BCUT2D eigenvalue weighted by atomic mass is 9.78. The third-order valence-electron chi connectivity index (χ3n) is 15.9. The molecular formula is C58H84N2O14. The number of hydrogen-bond acceptors (Lipinski definition) is 15. The van der Waals surface area contributed by atoms with Crippen molar-refractivity contribution in [3.05, 3.63) is 77.2 Å². The minimum Gasteiger partial charge on any atom is -0.460 e. The first-order valence-electron chi connectivity index (χ1n) is 26.7. The fourth-order valence-corrected chi connectivity index (χ4v) is 11.0. The molecule has 2 N–H and O–H groups in total. The molecule has 410 valence electrons. The van der Waals surface area contributed by atoms with Crippen LogP contribution in [0.4, 0.5) is 0 Å². The second kappa shape index (κ2) is 27.9. The molecule has 16 heteroatoms. The van der Waals surface area contributed by atoms with Crippen LogP contribution in [0, 0.1) is 42.4 Å². The van der Waals surface area contributed by atoms with Crippen molar-refractivity contribution >= 4 is 35.2 Å². The number of pyridine rings is 1. The van der Waals surface area contributed by atoms with Crippen molar-refractivity contribution in [2.45, 2.75) is 187 Å². The second-order valence-electron chi connectivity index (χ2n) is 21.7. The molecule has 1 saturated carbocycles. The van der Waals surface area contributed by atoms with Gasteiger partial charge in [0.05, 0.1) is 23.9 Å². The topological polar surface area (TPSA) is 214 Å². The quantitative estimate of drug-likeness (QED) is 0.145. The van der Waals surface area contributed by atoms with E-state index >= 15 is 0 Å². The van der Waals surface area contributed by atoms with Crippen LogP contribution in [0.3, 0.4) is 0 Å². The summed E-state index contributed by atoms with van der Waals surface area (Å²) in [4.78, 5) is 89.9. The molecule has 0 radical (unpaired) electrons. The molecule has 1 aliphatic carbocycles. The molecule has 0 aromatic carbocycles. The van der Waals surface area contributed by atoms with Gasteiger partial charge in [-0.05, 0) is 126 Å². The Kier molecular flexibility index (Phi) is 22.7. The van der Waals surface area contributed by atoms with E-state index in [4.69, 9.17) is 28.4 Å². The fourth-order valence-electron chi connectivity index (χ4n) is 11.0. The monoisotopic (exact) mass is 1030 g/mol. The molecule has 1 amide bonds. The van der Waals surface area contributed by atoms with Gasteiger partial charge in [0, 0.05) is 70.4 Å². The molecule has 2 bridgehead atoms. The highest BCUT2D eigenvalue weighted by Gasteiger charge is 2.53. The molecule has 15 atom stereocenters. The van der Waals surface area contributed by atoms with E-state index in [0.29, 0.717) is 75.3 Å². The summed E-state index contributed by atoms with van der Waals surface area (Å²) in [5, 5.41) is 23.6. The summed E-state index contributed by atoms with van der Waals surface area (Å²) in [6.07, 6.45) is 12.1. The molecule has 2 saturated heterocycles. The van der Waals surface area contributed by atoms with Gasteiger partial charge >= 0.3 is 11.9 Å². The van der Waals surface area contributed by atoms with Crippen LogP contribution in [-0.2, 0) is 52.4 Å². The highest BCUT2D eigenvalue weighted by atomic mass is 16.6. The van der Waals surface area contributed by atoms with E-state index in [0.717, 1.165) is 11.3 Å². The lowest BCUT2D eigenvalue weighted by molar-refractivity contribution is -0.265. The van der Waals surface area contributed by atoms with Crippen LogP contribution in [0.25, 0.3) is 0 Å². The maximum atomic E-state index is 14.6. The number of Topliss-reactive ketones (excluding diaryl/α,β-unsaturated/α-hetero) is 3. The molecule has 1 unspecified atom stereocenters. The lowest BCUT2D eigenvalue weighted by Gasteiger charge is -2.42. The number of carbonyl (C=O) groups is 6. The van der Waals surface area contributed by atoms with Crippen molar-refractivity contribution in [3.8, 4) is 0 Å². The zero-order chi connectivity index (χ0) is 54.4. The Balaban J connectivity index is 1.44. The van der Waals surface area contributed by atoms with Gasteiger partial charge < -0.3 is 43.5 Å². The summed E-state index contributed by atoms with van der Waals surface area (Å²) in [6, 6.07) is 2.24. The number of aliphatic hydroxyl groups is 2. The van der Waals surface area contributed by atoms with Crippen molar-refractivity contribution in [2.75, 3.05) is 27.9 Å². The van der Waals surface area contributed by atoms with E-state index in [1.54, 1.807) is 53.2 Å². The molecular weight excluding hydrogens is 949 g/mol. The summed E-state index contributed by atoms with van der Waals surface area (Å²) < 4.78 is 35.8. The fraction of sp³-hybridized carbons (Fsp3) is 0.672. The van der Waals surface area contributed by atoms with Crippen LogP contribution in [0.1, 0.15) is 142 Å². The summed E-state index contributed by atoms with van der Waals surface area (Å²) >= 11 is 0.